The van der Waals surface area contributed by atoms with Crippen molar-refractivity contribution >= 4 is 29.1 Å². The van der Waals surface area contributed by atoms with Crippen LogP contribution in [0.4, 0.5) is 11.4 Å². The van der Waals surface area contributed by atoms with Crippen LogP contribution in [0.1, 0.15) is 55.7 Å². The second kappa shape index (κ2) is 12.2. The second-order valence-electron chi connectivity index (χ2n) is 10.0. The number of unbranched alkanes of at least 4 members (excludes halogenated alkanes) is 2. The monoisotopic (exact) mass is 505 g/mol. The fourth-order valence-corrected chi connectivity index (χ4v) is 5.09. The van der Waals surface area contributed by atoms with E-state index in [1.807, 2.05) is 52.1 Å². The first-order chi connectivity index (χ1) is 17.9. The van der Waals surface area contributed by atoms with Crippen molar-refractivity contribution in [3.8, 4) is 0 Å². The van der Waals surface area contributed by atoms with Crippen molar-refractivity contribution < 1.29 is 14.4 Å². The number of fused-ring (bicyclic) bond motifs is 1. The Morgan fingerprint density at radius 2 is 1.76 bits per heavy atom. The number of hydrazine groups is 1. The molecule has 0 spiro atoms. The number of benzene rings is 2. The number of rotatable bonds is 11. The Morgan fingerprint density at radius 3 is 2.38 bits per heavy atom. The number of aryl methyl sites for hydroxylation is 1. The number of hydrogen-bond donors (Lipinski definition) is 1. The molecule has 1 fully saturated rings. The molecular weight excluding hydrogens is 466 g/mol. The molecule has 0 atom stereocenters. The van der Waals surface area contributed by atoms with Gasteiger partial charge in [-0.3, -0.25) is 19.4 Å². The van der Waals surface area contributed by atoms with E-state index in [0.717, 1.165) is 49.2 Å². The maximum absolute atomic E-state index is 13.4. The molecule has 198 valence electrons. The fraction of sp³-hybridized carbons (Fsp3) is 0.483. The highest BCUT2D eigenvalue weighted by Gasteiger charge is 2.27. The molecule has 0 saturated carbocycles. The standard InChI is InChI=1S/C29H39N5O3/c1-4-5-8-15-30-27(35)20-32(26-14-13-25(17-22(26)2)34-16-9-12-28(34)36)21-29(37)31(3)33-18-23-10-6-7-11-24(23)19-33/h6-7,10-11,13-14,17H,4-5,8-9,12,15-16,18-21H2,1-3H3,(H,30,35). The van der Waals surface area contributed by atoms with Crippen LogP contribution in [-0.2, 0) is 27.5 Å². The Hall–Kier alpha value is -3.39. The lowest BCUT2D eigenvalue weighted by molar-refractivity contribution is -0.145. The van der Waals surface area contributed by atoms with Gasteiger partial charge in [-0.05, 0) is 54.7 Å². The zero-order chi connectivity index (χ0) is 26.4. The lowest BCUT2D eigenvalue weighted by Gasteiger charge is -2.32. The summed E-state index contributed by atoms with van der Waals surface area (Å²) in [6, 6.07) is 14.1. The van der Waals surface area contributed by atoms with Crippen molar-refractivity contribution in [2.45, 2.75) is 59.0 Å². The maximum Gasteiger partial charge on any atom is 0.256 e. The van der Waals surface area contributed by atoms with E-state index in [1.54, 1.807) is 12.1 Å². The van der Waals surface area contributed by atoms with Crippen molar-refractivity contribution in [2.75, 3.05) is 43.0 Å². The molecule has 37 heavy (non-hydrogen) atoms. The summed E-state index contributed by atoms with van der Waals surface area (Å²) in [5.74, 6) is -0.0398. The molecule has 0 aromatic heterocycles. The van der Waals surface area contributed by atoms with E-state index in [2.05, 4.69) is 24.4 Å². The zero-order valence-electron chi connectivity index (χ0n) is 22.3. The number of amides is 3. The summed E-state index contributed by atoms with van der Waals surface area (Å²) < 4.78 is 0. The number of nitrogens with zero attached hydrogens (tertiary/aromatic N) is 4. The van der Waals surface area contributed by atoms with Gasteiger partial charge in [0, 0.05) is 51.0 Å². The number of carbonyl (C=O) groups is 3. The number of nitrogens with one attached hydrogen (secondary N) is 1. The van der Waals surface area contributed by atoms with Crippen LogP contribution in [0.25, 0.3) is 0 Å². The molecule has 0 radical (unpaired) electrons. The highest BCUT2D eigenvalue weighted by molar-refractivity contribution is 5.96. The molecule has 3 amide bonds. The van der Waals surface area contributed by atoms with Gasteiger partial charge in [0.1, 0.15) is 0 Å². The number of likely N-dealkylation sites (N-methyl/N-ethyl adjacent to an activating group) is 1. The van der Waals surface area contributed by atoms with Crippen molar-refractivity contribution in [3.05, 3.63) is 59.2 Å². The van der Waals surface area contributed by atoms with Crippen LogP contribution < -0.4 is 15.1 Å². The Kier molecular flexibility index (Phi) is 8.82. The molecule has 1 N–H and O–H groups in total. The predicted molar refractivity (Wildman–Crippen MR) is 146 cm³/mol. The van der Waals surface area contributed by atoms with Gasteiger partial charge in [-0.25, -0.2) is 5.01 Å². The summed E-state index contributed by atoms with van der Waals surface area (Å²) in [6.45, 7) is 7.01. The highest BCUT2D eigenvalue weighted by Crippen LogP contribution is 2.29. The van der Waals surface area contributed by atoms with E-state index in [1.165, 1.54) is 11.1 Å². The Morgan fingerprint density at radius 1 is 1.03 bits per heavy atom. The largest absolute Gasteiger partial charge is 0.355 e. The summed E-state index contributed by atoms with van der Waals surface area (Å²) in [6.07, 6.45) is 4.55. The molecule has 2 heterocycles. The first-order valence-electron chi connectivity index (χ1n) is 13.4. The molecule has 2 aromatic carbocycles. The molecule has 0 unspecified atom stereocenters. The fourth-order valence-electron chi connectivity index (χ4n) is 5.09. The van der Waals surface area contributed by atoms with Gasteiger partial charge in [-0.1, -0.05) is 44.0 Å². The van der Waals surface area contributed by atoms with Gasteiger partial charge in [0.15, 0.2) is 0 Å². The topological polar surface area (TPSA) is 76.2 Å². The van der Waals surface area contributed by atoms with Crippen molar-refractivity contribution in [1.29, 1.82) is 0 Å². The summed E-state index contributed by atoms with van der Waals surface area (Å²) in [5.41, 5.74) is 5.08. The minimum Gasteiger partial charge on any atom is -0.355 e. The quantitative estimate of drug-likeness (QED) is 0.472. The van der Waals surface area contributed by atoms with E-state index >= 15 is 0 Å². The van der Waals surface area contributed by atoms with E-state index in [4.69, 9.17) is 0 Å². The van der Waals surface area contributed by atoms with Crippen LogP contribution in [0.3, 0.4) is 0 Å². The number of carbonyl (C=O) groups excluding carboxylic acids is 3. The third kappa shape index (κ3) is 6.49. The average molecular weight is 506 g/mol. The smallest absolute Gasteiger partial charge is 0.256 e. The van der Waals surface area contributed by atoms with Crippen molar-refractivity contribution in [2.24, 2.45) is 0 Å². The molecule has 2 aliphatic heterocycles. The van der Waals surface area contributed by atoms with E-state index in [9.17, 15) is 14.4 Å². The Bertz CT molecular complexity index is 1110. The van der Waals surface area contributed by atoms with Gasteiger partial charge in [-0.2, -0.15) is 0 Å². The van der Waals surface area contributed by atoms with E-state index in [-0.39, 0.29) is 30.8 Å². The molecule has 8 heteroatoms. The molecular formula is C29H39N5O3. The Labute approximate surface area is 220 Å². The summed E-state index contributed by atoms with van der Waals surface area (Å²) in [5, 5.41) is 6.71. The van der Waals surface area contributed by atoms with E-state index < -0.39 is 0 Å². The highest BCUT2D eigenvalue weighted by atomic mass is 16.2. The molecule has 1 saturated heterocycles. The van der Waals surface area contributed by atoms with Gasteiger partial charge in [0.05, 0.1) is 13.1 Å². The molecule has 2 aliphatic rings. The third-order valence-corrected chi connectivity index (χ3v) is 7.28. The minimum atomic E-state index is -0.0988. The van der Waals surface area contributed by atoms with Crippen molar-refractivity contribution in [3.63, 3.8) is 0 Å². The number of hydrogen-bond acceptors (Lipinski definition) is 5. The van der Waals surface area contributed by atoms with Crippen LogP contribution in [0, 0.1) is 6.92 Å². The van der Waals surface area contributed by atoms with Gasteiger partial charge < -0.3 is 15.1 Å². The maximum atomic E-state index is 13.4. The van der Waals surface area contributed by atoms with E-state index in [0.29, 0.717) is 26.1 Å². The first kappa shape index (κ1) is 26.7. The average Bonchev–Trinajstić information content (AvgIpc) is 3.52. The molecule has 0 aliphatic carbocycles. The number of anilines is 2. The normalized spacial score (nSPS) is 15.1. The molecule has 8 nitrogen and oxygen atoms in total. The van der Waals surface area contributed by atoms with Crippen LogP contribution in [-0.4, -0.2) is 61.0 Å². The van der Waals surface area contributed by atoms with Crippen LogP contribution in [0.2, 0.25) is 0 Å². The first-order valence-corrected chi connectivity index (χ1v) is 13.4. The molecule has 2 aromatic rings. The SMILES string of the molecule is CCCCCNC(=O)CN(CC(=O)N(C)N1Cc2ccccc2C1)c1ccc(N2CCCC2=O)cc1C. The molecule has 4 rings (SSSR count). The molecule has 0 bridgehead atoms. The zero-order valence-corrected chi connectivity index (χ0v) is 22.3. The third-order valence-electron chi connectivity index (χ3n) is 7.28. The van der Waals surface area contributed by atoms with Gasteiger partial charge >= 0.3 is 0 Å². The minimum absolute atomic E-state index is 0.0779. The van der Waals surface area contributed by atoms with Gasteiger partial charge in [-0.15, -0.1) is 0 Å². The predicted octanol–water partition coefficient (Wildman–Crippen LogP) is 3.62. The van der Waals surface area contributed by atoms with Crippen LogP contribution in [0.15, 0.2) is 42.5 Å². The van der Waals surface area contributed by atoms with Crippen molar-refractivity contribution in [1.82, 2.24) is 15.3 Å². The lowest BCUT2D eigenvalue weighted by Crippen LogP contribution is -2.48. The van der Waals surface area contributed by atoms with Gasteiger partial charge in [0.25, 0.3) is 5.91 Å². The Balaban J connectivity index is 1.48. The van der Waals surface area contributed by atoms with Crippen LogP contribution in [0.5, 0.6) is 0 Å². The second-order valence-corrected chi connectivity index (χ2v) is 10.0. The van der Waals surface area contributed by atoms with Crippen LogP contribution >= 0.6 is 0 Å². The lowest BCUT2D eigenvalue weighted by atomic mass is 10.1. The van der Waals surface area contributed by atoms with Gasteiger partial charge in [0.2, 0.25) is 11.8 Å². The summed E-state index contributed by atoms with van der Waals surface area (Å²) in [7, 11) is 1.80. The summed E-state index contributed by atoms with van der Waals surface area (Å²) in [4.78, 5) is 42.2. The summed E-state index contributed by atoms with van der Waals surface area (Å²) >= 11 is 0.